The Balaban J connectivity index is 1.96. The molecule has 1 aliphatic rings. The van der Waals surface area contributed by atoms with Gasteiger partial charge >= 0.3 is 0 Å². The van der Waals surface area contributed by atoms with Crippen LogP contribution < -0.4 is 16.6 Å². The van der Waals surface area contributed by atoms with Gasteiger partial charge in [0, 0.05) is 12.0 Å². The minimum absolute atomic E-state index is 0.320. The summed E-state index contributed by atoms with van der Waals surface area (Å²) in [5.74, 6) is 7.05. The first kappa shape index (κ1) is 13.1. The molecule has 1 aromatic carbocycles. The van der Waals surface area contributed by atoms with Crippen LogP contribution in [0.3, 0.4) is 0 Å². The molecule has 20 heavy (non-hydrogen) atoms. The Labute approximate surface area is 117 Å². The van der Waals surface area contributed by atoms with E-state index >= 15 is 0 Å². The predicted molar refractivity (Wildman–Crippen MR) is 78.0 cm³/mol. The first-order chi connectivity index (χ1) is 9.69. The number of carbonyl (C=O) groups is 1. The maximum atomic E-state index is 10.8. The molecule has 0 radical (unpaired) electrons. The van der Waals surface area contributed by atoms with Crippen molar-refractivity contribution in [2.75, 3.05) is 5.01 Å². The lowest BCUT2D eigenvalue weighted by molar-refractivity contribution is -0.107. The number of amides is 1. The van der Waals surface area contributed by atoms with E-state index in [4.69, 9.17) is 11.6 Å². The third-order valence-electron chi connectivity index (χ3n) is 4.06. The van der Waals surface area contributed by atoms with Gasteiger partial charge < -0.3 is 10.7 Å². The number of imidazole rings is 1. The van der Waals surface area contributed by atoms with Crippen molar-refractivity contribution in [3.8, 4) is 0 Å². The van der Waals surface area contributed by atoms with Crippen molar-refractivity contribution in [1.82, 2.24) is 9.97 Å². The minimum Gasteiger partial charge on any atom is -0.342 e. The molecule has 1 amide bonds. The van der Waals surface area contributed by atoms with Gasteiger partial charge in [0.15, 0.2) is 0 Å². The molecule has 6 nitrogen and oxygen atoms in total. The fourth-order valence-electron chi connectivity index (χ4n) is 2.89. The number of hydrogen-bond acceptors (Lipinski definition) is 4. The maximum Gasteiger partial charge on any atom is 0.228 e. The van der Waals surface area contributed by atoms with Crippen LogP contribution in [-0.4, -0.2) is 22.4 Å². The Morgan fingerprint density at radius 3 is 2.75 bits per heavy atom. The van der Waals surface area contributed by atoms with Crippen molar-refractivity contribution in [2.45, 2.75) is 37.6 Å². The van der Waals surface area contributed by atoms with Gasteiger partial charge in [-0.25, -0.2) is 15.8 Å². The maximum absolute atomic E-state index is 10.8. The molecule has 1 fully saturated rings. The number of aromatic nitrogens is 2. The van der Waals surface area contributed by atoms with Crippen molar-refractivity contribution in [2.24, 2.45) is 11.6 Å². The minimum atomic E-state index is 0.320. The zero-order chi connectivity index (χ0) is 14.1. The molecule has 0 bridgehead atoms. The molecule has 106 valence electrons. The van der Waals surface area contributed by atoms with Crippen molar-refractivity contribution in [3.05, 3.63) is 24.0 Å². The van der Waals surface area contributed by atoms with Gasteiger partial charge in [-0.05, 0) is 37.8 Å². The van der Waals surface area contributed by atoms with Crippen LogP contribution in [0.4, 0.5) is 5.69 Å². The molecule has 1 saturated carbocycles. The molecular formula is C14H19N5O. The highest BCUT2D eigenvalue weighted by Gasteiger charge is 2.23. The average molecular weight is 273 g/mol. The monoisotopic (exact) mass is 273 g/mol. The first-order valence-corrected chi connectivity index (χ1v) is 6.92. The summed E-state index contributed by atoms with van der Waals surface area (Å²) in [6, 6.07) is 5.92. The Morgan fingerprint density at radius 1 is 1.30 bits per heavy atom. The molecule has 3 rings (SSSR count). The first-order valence-electron chi connectivity index (χ1n) is 6.92. The van der Waals surface area contributed by atoms with Crippen molar-refractivity contribution >= 4 is 23.1 Å². The van der Waals surface area contributed by atoms with Gasteiger partial charge in [0.25, 0.3) is 0 Å². The number of nitrogens with zero attached hydrogens (tertiary/aromatic N) is 2. The summed E-state index contributed by atoms with van der Waals surface area (Å²) in [7, 11) is 0. The number of nitrogens with two attached hydrogens (primary N) is 2. The number of aromatic amines is 1. The van der Waals surface area contributed by atoms with E-state index in [-0.39, 0.29) is 0 Å². The quantitative estimate of drug-likeness (QED) is 0.340. The topological polar surface area (TPSA) is 101 Å². The second-order valence-corrected chi connectivity index (χ2v) is 5.42. The number of nitrogens with one attached hydrogen (secondary N) is 1. The molecule has 2 aromatic rings. The molecule has 5 N–H and O–H groups in total. The Hall–Kier alpha value is -1.92. The number of carbonyl (C=O) groups excluding carboxylic acids is 1. The van der Waals surface area contributed by atoms with Crippen LogP contribution in [0.5, 0.6) is 0 Å². The van der Waals surface area contributed by atoms with Gasteiger partial charge in [-0.1, -0.05) is 6.07 Å². The number of hydrogen-bond donors (Lipinski definition) is 3. The van der Waals surface area contributed by atoms with Gasteiger partial charge in [-0.15, -0.1) is 0 Å². The van der Waals surface area contributed by atoms with E-state index in [0.717, 1.165) is 47.6 Å². The van der Waals surface area contributed by atoms with Gasteiger partial charge in [0.2, 0.25) is 6.41 Å². The number of benzene rings is 1. The molecule has 1 aromatic heterocycles. The zero-order valence-electron chi connectivity index (χ0n) is 11.2. The van der Waals surface area contributed by atoms with Gasteiger partial charge in [-0.2, -0.15) is 0 Å². The van der Waals surface area contributed by atoms with Gasteiger partial charge in [-0.3, -0.25) is 4.79 Å². The van der Waals surface area contributed by atoms with Crippen LogP contribution >= 0.6 is 0 Å². The standard InChI is InChI=1S/C14H19N5O/c15-10-6-4-9(5-7-10)14-17-11-2-1-3-12(13(11)18-14)19(16)8-20/h1-3,8-10H,4-7,15-16H2,(H,17,18). The third-order valence-corrected chi connectivity index (χ3v) is 4.06. The summed E-state index contributed by atoms with van der Waals surface area (Å²) in [4.78, 5) is 18.8. The van der Waals surface area contributed by atoms with Crippen molar-refractivity contribution in [3.63, 3.8) is 0 Å². The van der Waals surface area contributed by atoms with Crippen LogP contribution in [0.2, 0.25) is 0 Å². The summed E-state index contributed by atoms with van der Waals surface area (Å²) in [5, 5.41) is 1.06. The van der Waals surface area contributed by atoms with E-state index < -0.39 is 0 Å². The largest absolute Gasteiger partial charge is 0.342 e. The van der Waals surface area contributed by atoms with Crippen molar-refractivity contribution in [1.29, 1.82) is 0 Å². The lowest BCUT2D eigenvalue weighted by Gasteiger charge is -2.24. The van der Waals surface area contributed by atoms with Gasteiger partial charge in [0.1, 0.15) is 11.3 Å². The molecule has 0 spiro atoms. The fourth-order valence-corrected chi connectivity index (χ4v) is 2.89. The Morgan fingerprint density at radius 2 is 2.05 bits per heavy atom. The fraction of sp³-hybridized carbons (Fsp3) is 0.429. The number of rotatable bonds is 3. The second kappa shape index (κ2) is 5.22. The van der Waals surface area contributed by atoms with Crippen LogP contribution in [0, 0.1) is 0 Å². The summed E-state index contributed by atoms with van der Waals surface area (Å²) >= 11 is 0. The molecule has 1 heterocycles. The Bertz CT molecular complexity index is 615. The average Bonchev–Trinajstić information content (AvgIpc) is 2.91. The molecule has 1 aliphatic carbocycles. The Kier molecular flexibility index (Phi) is 3.42. The molecule has 0 aliphatic heterocycles. The van der Waals surface area contributed by atoms with E-state index in [0.29, 0.717) is 24.1 Å². The second-order valence-electron chi connectivity index (χ2n) is 5.42. The molecule has 0 unspecified atom stereocenters. The number of H-pyrrole nitrogens is 1. The van der Waals surface area contributed by atoms with E-state index in [1.165, 1.54) is 0 Å². The highest BCUT2D eigenvalue weighted by atomic mass is 16.1. The zero-order valence-corrected chi connectivity index (χ0v) is 11.2. The van der Waals surface area contributed by atoms with Gasteiger partial charge in [0.05, 0.1) is 11.2 Å². The van der Waals surface area contributed by atoms with Crippen LogP contribution in [0.25, 0.3) is 11.0 Å². The van der Waals surface area contributed by atoms with Crippen LogP contribution in [-0.2, 0) is 4.79 Å². The number of para-hydroxylation sites is 1. The lowest BCUT2D eigenvalue weighted by atomic mass is 9.86. The number of hydrazine groups is 1. The molecule has 0 saturated heterocycles. The summed E-state index contributed by atoms with van der Waals surface area (Å²) in [6.07, 6.45) is 4.76. The number of anilines is 1. The normalized spacial score (nSPS) is 22.9. The van der Waals surface area contributed by atoms with E-state index in [1.807, 2.05) is 12.1 Å². The van der Waals surface area contributed by atoms with E-state index in [1.54, 1.807) is 6.07 Å². The molecule has 6 heteroatoms. The smallest absolute Gasteiger partial charge is 0.228 e. The van der Waals surface area contributed by atoms with E-state index in [9.17, 15) is 4.79 Å². The molecule has 0 atom stereocenters. The van der Waals surface area contributed by atoms with Crippen molar-refractivity contribution < 1.29 is 4.79 Å². The lowest BCUT2D eigenvalue weighted by Crippen LogP contribution is -2.28. The van der Waals surface area contributed by atoms with Crippen LogP contribution in [0.15, 0.2) is 18.2 Å². The summed E-state index contributed by atoms with van der Waals surface area (Å²) in [5.41, 5.74) is 8.21. The van der Waals surface area contributed by atoms with E-state index in [2.05, 4.69) is 9.97 Å². The predicted octanol–water partition coefficient (Wildman–Crippen LogP) is 1.38. The highest BCUT2D eigenvalue weighted by molar-refractivity contribution is 5.93. The molecular weight excluding hydrogens is 254 g/mol. The number of fused-ring (bicyclic) bond motifs is 1. The highest BCUT2D eigenvalue weighted by Crippen LogP contribution is 2.33. The summed E-state index contributed by atoms with van der Waals surface area (Å²) in [6.45, 7) is 0. The SMILES string of the molecule is NC1CCC(c2nc3c(N(N)C=O)cccc3[nH]2)CC1. The van der Waals surface area contributed by atoms with Crippen LogP contribution in [0.1, 0.15) is 37.4 Å². The third kappa shape index (κ3) is 2.28. The summed E-state index contributed by atoms with van der Waals surface area (Å²) < 4.78 is 0.